The fourth-order valence-electron chi connectivity index (χ4n) is 11.3. The third-order valence-electron chi connectivity index (χ3n) is 13.2. The highest BCUT2D eigenvalue weighted by atomic mass is 16.5. The molecule has 5 aliphatic carbocycles. The van der Waals surface area contributed by atoms with Crippen LogP contribution in [0.1, 0.15) is 126 Å². The van der Waals surface area contributed by atoms with Crippen LogP contribution in [0.3, 0.4) is 0 Å². The molecule has 2 heteroatoms. The van der Waals surface area contributed by atoms with Crippen molar-refractivity contribution in [2.45, 2.75) is 132 Å². The quantitative estimate of drug-likeness (QED) is 0.288. The number of ether oxygens (including phenoxy) is 1. The van der Waals surface area contributed by atoms with Crippen LogP contribution >= 0.6 is 0 Å². The molecule has 0 N–H and O–H groups in total. The molecular formula is C32H52O2. The monoisotopic (exact) mass is 468 g/mol. The fraction of sp³-hybridized carbons (Fsp3) is 0.906. The number of hydrogen-bond acceptors (Lipinski definition) is 2. The van der Waals surface area contributed by atoms with Crippen LogP contribution in [0.2, 0.25) is 0 Å². The summed E-state index contributed by atoms with van der Waals surface area (Å²) in [4.78, 5) is 11.6. The van der Waals surface area contributed by atoms with Crippen LogP contribution in [-0.2, 0) is 9.53 Å². The second-order valence-electron chi connectivity index (χ2n) is 14.3. The standard InChI is InChI=1S/C32H52O2/c1-8-24(21(2)3)10-9-22(4)27-14-15-30(7)28-12-11-25-19-26(34-23(5)33)13-16-31(25)20-32(28,31)18-17-29(27,30)6/h8,21-22,25-28H,9-20H2,1-7H3/b24-8-/t22-,25+,26+,27-,28+,29-,30+,31-,32+/m1/s1. The minimum absolute atomic E-state index is 0.0813. The Bertz CT molecular complexity index is 842. The Kier molecular flexibility index (Phi) is 6.13. The van der Waals surface area contributed by atoms with E-state index in [1.807, 2.05) is 0 Å². The van der Waals surface area contributed by atoms with Crippen molar-refractivity contribution in [2.24, 2.45) is 51.2 Å². The zero-order chi connectivity index (χ0) is 24.5. The SMILES string of the molecule is C/C=C(/CC[C@@H](C)[C@H]1CC[C@@]2(C)[C@@H]3CC[C@H]4C[C@@H](OC(C)=O)CC[C@@]45C[C@@]35CC[C@]12C)C(C)C. The maximum atomic E-state index is 11.6. The molecule has 0 unspecified atom stereocenters. The van der Waals surface area contributed by atoms with Crippen LogP contribution in [0.4, 0.5) is 0 Å². The Morgan fingerprint density at radius 3 is 2.41 bits per heavy atom. The predicted molar refractivity (Wildman–Crippen MR) is 140 cm³/mol. The lowest BCUT2D eigenvalue weighted by molar-refractivity contribution is -0.156. The van der Waals surface area contributed by atoms with Gasteiger partial charge >= 0.3 is 5.97 Å². The van der Waals surface area contributed by atoms with Crippen LogP contribution in [-0.4, -0.2) is 12.1 Å². The number of hydrogen-bond donors (Lipinski definition) is 0. The fourth-order valence-corrected chi connectivity index (χ4v) is 11.3. The Labute approximate surface area is 210 Å². The van der Waals surface area contributed by atoms with Gasteiger partial charge in [0.15, 0.2) is 0 Å². The topological polar surface area (TPSA) is 26.3 Å². The Morgan fingerprint density at radius 1 is 0.971 bits per heavy atom. The van der Waals surface area contributed by atoms with Crippen molar-refractivity contribution in [3.8, 4) is 0 Å². The van der Waals surface area contributed by atoms with E-state index < -0.39 is 0 Å². The molecular weight excluding hydrogens is 416 g/mol. The van der Waals surface area contributed by atoms with Crippen LogP contribution in [0.5, 0.6) is 0 Å². The van der Waals surface area contributed by atoms with Crippen molar-refractivity contribution < 1.29 is 9.53 Å². The smallest absolute Gasteiger partial charge is 0.302 e. The first-order valence-electron chi connectivity index (χ1n) is 14.9. The summed E-state index contributed by atoms with van der Waals surface area (Å²) in [6, 6.07) is 0. The zero-order valence-electron chi connectivity index (χ0n) is 23.3. The van der Waals surface area contributed by atoms with E-state index in [0.717, 1.165) is 36.5 Å². The van der Waals surface area contributed by atoms with E-state index in [4.69, 9.17) is 4.74 Å². The highest BCUT2D eigenvalue weighted by Gasteiger charge is 2.80. The first kappa shape index (κ1) is 24.9. The van der Waals surface area contributed by atoms with Crippen molar-refractivity contribution in [3.05, 3.63) is 11.6 Å². The average Bonchev–Trinajstić information content (AvgIpc) is 3.35. The highest BCUT2D eigenvalue weighted by molar-refractivity contribution is 5.66. The zero-order valence-corrected chi connectivity index (χ0v) is 23.3. The molecule has 34 heavy (non-hydrogen) atoms. The van der Waals surface area contributed by atoms with E-state index in [0.29, 0.717) is 27.6 Å². The molecule has 0 aromatic heterocycles. The predicted octanol–water partition coefficient (Wildman–Crippen LogP) is 8.74. The molecule has 192 valence electrons. The maximum absolute atomic E-state index is 11.6. The van der Waals surface area contributed by atoms with E-state index in [-0.39, 0.29) is 12.1 Å². The minimum Gasteiger partial charge on any atom is -0.463 e. The summed E-state index contributed by atoms with van der Waals surface area (Å²) in [7, 11) is 0. The van der Waals surface area contributed by atoms with Gasteiger partial charge in [-0.3, -0.25) is 4.79 Å². The minimum atomic E-state index is -0.0813. The number of rotatable bonds is 6. The van der Waals surface area contributed by atoms with Crippen molar-refractivity contribution in [3.63, 3.8) is 0 Å². The molecule has 0 aromatic carbocycles. The normalized spacial score (nSPS) is 48.4. The molecule has 2 spiro atoms. The summed E-state index contributed by atoms with van der Waals surface area (Å²) in [6.45, 7) is 16.6. The molecule has 5 saturated carbocycles. The third kappa shape index (κ3) is 3.35. The van der Waals surface area contributed by atoms with Crippen LogP contribution in [0.15, 0.2) is 11.6 Å². The molecule has 0 heterocycles. The second-order valence-corrected chi connectivity index (χ2v) is 14.3. The first-order valence-corrected chi connectivity index (χ1v) is 14.9. The molecule has 0 aliphatic heterocycles. The van der Waals surface area contributed by atoms with Gasteiger partial charge in [-0.15, -0.1) is 0 Å². The highest BCUT2D eigenvalue weighted by Crippen LogP contribution is 2.87. The molecule has 2 nitrogen and oxygen atoms in total. The number of carbonyl (C=O) groups is 1. The van der Waals surface area contributed by atoms with E-state index >= 15 is 0 Å². The van der Waals surface area contributed by atoms with Crippen molar-refractivity contribution in [1.82, 2.24) is 0 Å². The molecule has 5 aliphatic rings. The number of carbonyl (C=O) groups excluding carboxylic acids is 1. The summed E-state index contributed by atoms with van der Waals surface area (Å²) < 4.78 is 5.70. The molecule has 5 rings (SSSR count). The van der Waals surface area contributed by atoms with Gasteiger partial charge < -0.3 is 4.74 Å². The van der Waals surface area contributed by atoms with Crippen molar-refractivity contribution in [1.29, 1.82) is 0 Å². The lowest BCUT2D eigenvalue weighted by Crippen LogP contribution is -2.55. The Morgan fingerprint density at radius 2 is 1.74 bits per heavy atom. The largest absolute Gasteiger partial charge is 0.463 e. The molecule has 0 amide bonds. The molecule has 0 saturated heterocycles. The molecule has 0 bridgehead atoms. The number of esters is 1. The van der Waals surface area contributed by atoms with Gasteiger partial charge in [0.05, 0.1) is 0 Å². The lowest BCUT2D eigenvalue weighted by atomic mass is 9.43. The molecule has 0 aromatic rings. The number of fused-ring (bicyclic) bond motifs is 2. The van der Waals surface area contributed by atoms with Gasteiger partial charge in [-0.25, -0.2) is 0 Å². The van der Waals surface area contributed by atoms with E-state index in [2.05, 4.69) is 47.6 Å². The molecule has 9 atom stereocenters. The van der Waals surface area contributed by atoms with Crippen LogP contribution in [0, 0.1) is 51.2 Å². The Balaban J connectivity index is 1.32. The van der Waals surface area contributed by atoms with Gasteiger partial charge in [-0.1, -0.05) is 46.3 Å². The van der Waals surface area contributed by atoms with Crippen molar-refractivity contribution in [2.75, 3.05) is 0 Å². The summed E-state index contributed by atoms with van der Waals surface area (Å²) in [5, 5.41) is 0. The van der Waals surface area contributed by atoms with Gasteiger partial charge in [-0.05, 0) is 135 Å². The van der Waals surface area contributed by atoms with Crippen LogP contribution in [0.25, 0.3) is 0 Å². The van der Waals surface area contributed by atoms with Gasteiger partial charge in [0.2, 0.25) is 0 Å². The summed E-state index contributed by atoms with van der Waals surface area (Å²) in [6.07, 6.45) is 19.0. The summed E-state index contributed by atoms with van der Waals surface area (Å²) in [5.74, 6) is 4.07. The third-order valence-corrected chi connectivity index (χ3v) is 13.2. The van der Waals surface area contributed by atoms with Crippen LogP contribution < -0.4 is 0 Å². The maximum Gasteiger partial charge on any atom is 0.302 e. The van der Waals surface area contributed by atoms with Gasteiger partial charge in [0.25, 0.3) is 0 Å². The van der Waals surface area contributed by atoms with Crippen molar-refractivity contribution >= 4 is 5.97 Å². The molecule has 5 fully saturated rings. The van der Waals surface area contributed by atoms with E-state index in [1.165, 1.54) is 64.2 Å². The van der Waals surface area contributed by atoms with E-state index in [1.54, 1.807) is 12.5 Å². The average molecular weight is 469 g/mol. The Hall–Kier alpha value is -0.790. The lowest BCUT2D eigenvalue weighted by Gasteiger charge is -2.61. The number of allylic oxidation sites excluding steroid dienone is 2. The van der Waals surface area contributed by atoms with Gasteiger partial charge in [0.1, 0.15) is 6.10 Å². The first-order chi connectivity index (χ1) is 16.0. The van der Waals surface area contributed by atoms with E-state index in [9.17, 15) is 4.79 Å². The summed E-state index contributed by atoms with van der Waals surface area (Å²) >= 11 is 0. The van der Waals surface area contributed by atoms with Gasteiger partial charge in [0, 0.05) is 6.92 Å². The molecule has 0 radical (unpaired) electrons. The summed E-state index contributed by atoms with van der Waals surface area (Å²) in [5.41, 5.74) is 3.91. The second kappa shape index (κ2) is 8.37. The van der Waals surface area contributed by atoms with Gasteiger partial charge in [-0.2, -0.15) is 0 Å².